The first-order chi connectivity index (χ1) is 5.88. The first-order valence-corrected chi connectivity index (χ1v) is 3.38. The van der Waals surface area contributed by atoms with Gasteiger partial charge in [-0.3, -0.25) is 9.13 Å². The molecule has 0 unspecified atom stereocenters. The van der Waals surface area contributed by atoms with E-state index in [0.717, 1.165) is 0 Å². The number of rotatable bonds is 0. The molecular formula is C7H6ArN4O. The van der Waals surface area contributed by atoms with Crippen molar-refractivity contribution in [2.24, 2.45) is 0 Å². The summed E-state index contributed by atoms with van der Waals surface area (Å²) in [6, 6.07) is -0.190. The number of hydrogen-bond acceptors (Lipinski definition) is 3. The zero-order valence-electron chi connectivity index (χ0n) is 6.51. The van der Waals surface area contributed by atoms with Gasteiger partial charge in [-0.15, -0.1) is 0 Å². The van der Waals surface area contributed by atoms with Gasteiger partial charge in [0.2, 0.25) is 0 Å². The molecule has 2 rings (SSSR count). The molecule has 2 heterocycles. The second-order valence-electron chi connectivity index (χ2n) is 2.22. The summed E-state index contributed by atoms with van der Waals surface area (Å²) in [7, 11) is 0. The van der Waals surface area contributed by atoms with Gasteiger partial charge >= 0.3 is 6.03 Å². The second-order valence-corrected chi connectivity index (χ2v) is 2.22. The molecule has 0 spiro atoms. The minimum atomic E-state index is -0.190. The number of aromatic nitrogens is 4. The standard InChI is InChI=1S/C7H6N4O.Ar/c12-7(10-3-1-8-5-10)11-4-2-9-6-11;/h1-6H;. The molecule has 0 fully saturated rings. The van der Waals surface area contributed by atoms with E-state index in [1.807, 2.05) is 0 Å². The predicted octanol–water partition coefficient (Wildman–Crippen LogP) is 0.596. The molecule has 0 saturated heterocycles. The Bertz CT molecular complexity index is 331. The summed E-state index contributed by atoms with van der Waals surface area (Å²) < 4.78 is 2.75. The van der Waals surface area contributed by atoms with E-state index in [0.29, 0.717) is 0 Å². The normalized spacial score (nSPS) is 9.23. The molecular weight excluding hydrogens is 196 g/mol. The molecule has 68 valence electrons. The average molecular weight is 202 g/mol. The van der Waals surface area contributed by atoms with Crippen LogP contribution in [0.4, 0.5) is 4.79 Å². The first-order valence-electron chi connectivity index (χ1n) is 3.38. The molecule has 6 heteroatoms. The quantitative estimate of drug-likeness (QED) is 0.628. The van der Waals surface area contributed by atoms with E-state index in [2.05, 4.69) is 9.97 Å². The smallest absolute Gasteiger partial charge is 0.257 e. The van der Waals surface area contributed by atoms with Crippen LogP contribution in [0.15, 0.2) is 37.4 Å². The summed E-state index contributed by atoms with van der Waals surface area (Å²) in [6.45, 7) is 0. The van der Waals surface area contributed by atoms with Crippen molar-refractivity contribution in [1.82, 2.24) is 19.1 Å². The second kappa shape index (κ2) is 4.55. The van der Waals surface area contributed by atoms with Crippen molar-refractivity contribution >= 4 is 6.03 Å². The SMILES string of the molecule is O=C(n1ccnc1)n1ccnc1.[Ar]. The Morgan fingerprint density at radius 1 is 1.00 bits per heavy atom. The van der Waals surface area contributed by atoms with E-state index in [1.54, 1.807) is 24.8 Å². The summed E-state index contributed by atoms with van der Waals surface area (Å²) in [5.41, 5.74) is 0. The Balaban J connectivity index is 0.000000845. The van der Waals surface area contributed by atoms with Gasteiger partial charge in [-0.25, -0.2) is 14.8 Å². The van der Waals surface area contributed by atoms with Gasteiger partial charge in [-0.05, 0) is 0 Å². The molecule has 0 aliphatic rings. The molecule has 0 bridgehead atoms. The number of carbonyl (C=O) groups excluding carboxylic acids is 1. The zero-order chi connectivity index (χ0) is 8.39. The van der Waals surface area contributed by atoms with Crippen LogP contribution in [0.5, 0.6) is 0 Å². The van der Waals surface area contributed by atoms with Crippen LogP contribution in [0.2, 0.25) is 0 Å². The fourth-order valence-electron chi connectivity index (χ4n) is 0.878. The van der Waals surface area contributed by atoms with E-state index in [4.69, 9.17) is 0 Å². The fraction of sp³-hybridized carbons (Fsp3) is 0. The molecule has 0 aromatic carbocycles. The van der Waals surface area contributed by atoms with Crippen LogP contribution in [0.3, 0.4) is 0 Å². The Morgan fingerprint density at radius 2 is 1.46 bits per heavy atom. The summed E-state index contributed by atoms with van der Waals surface area (Å²) in [6.07, 6.45) is 9.17. The van der Waals surface area contributed by atoms with Crippen LogP contribution < -0.4 is 0 Å². The Hall–Kier alpha value is -0.650. The molecule has 13 heavy (non-hydrogen) atoms. The minimum Gasteiger partial charge on any atom is -0.257 e. The van der Waals surface area contributed by atoms with Gasteiger partial charge in [0.25, 0.3) is 0 Å². The molecule has 2 aromatic heterocycles. The van der Waals surface area contributed by atoms with Gasteiger partial charge in [-0.2, -0.15) is 0 Å². The van der Waals surface area contributed by atoms with E-state index >= 15 is 0 Å². The fourth-order valence-corrected chi connectivity index (χ4v) is 0.878. The van der Waals surface area contributed by atoms with Gasteiger partial charge in [-0.1, -0.05) is 0 Å². The number of hydrogen-bond donors (Lipinski definition) is 0. The first kappa shape index (κ1) is 10.4. The Kier molecular flexibility index (Phi) is 3.65. The van der Waals surface area contributed by atoms with Crippen molar-refractivity contribution in [3.8, 4) is 0 Å². The molecule has 0 saturated carbocycles. The maximum atomic E-state index is 11.4. The number of carbonyl (C=O) groups is 1. The monoisotopic (exact) mass is 202 g/mol. The summed E-state index contributed by atoms with van der Waals surface area (Å²) in [5.74, 6) is 0. The van der Waals surface area contributed by atoms with Crippen LogP contribution in [0.1, 0.15) is 0 Å². The summed E-state index contributed by atoms with van der Waals surface area (Å²) >= 11 is 0. The van der Waals surface area contributed by atoms with E-state index in [1.165, 1.54) is 21.8 Å². The van der Waals surface area contributed by atoms with Crippen LogP contribution in [0, 0.1) is 37.7 Å². The zero-order valence-corrected chi connectivity index (χ0v) is 7.22. The maximum Gasteiger partial charge on any atom is 0.338 e. The van der Waals surface area contributed by atoms with Gasteiger partial charge in [0.05, 0.1) is 0 Å². The van der Waals surface area contributed by atoms with Gasteiger partial charge < -0.3 is 0 Å². The Morgan fingerprint density at radius 3 is 1.77 bits per heavy atom. The molecule has 0 aliphatic heterocycles. The molecule has 5 nitrogen and oxygen atoms in total. The van der Waals surface area contributed by atoms with E-state index < -0.39 is 0 Å². The molecule has 0 amide bonds. The third-order valence-electron chi connectivity index (χ3n) is 1.45. The maximum absolute atomic E-state index is 11.4. The minimum absolute atomic E-state index is 0. The average Bonchev–Trinajstić information content (AvgIpc) is 2.77. The van der Waals surface area contributed by atoms with Gasteiger partial charge in [0, 0.05) is 62.5 Å². The van der Waals surface area contributed by atoms with Crippen molar-refractivity contribution in [3.05, 3.63) is 37.4 Å². The summed E-state index contributed by atoms with van der Waals surface area (Å²) in [5, 5.41) is 0. The Labute approximate surface area is 104 Å². The molecule has 0 atom stereocenters. The van der Waals surface area contributed by atoms with E-state index in [-0.39, 0.29) is 43.8 Å². The largest absolute Gasteiger partial charge is 0.338 e. The van der Waals surface area contributed by atoms with Crippen molar-refractivity contribution in [1.29, 1.82) is 0 Å². The predicted molar refractivity (Wildman–Crippen MR) is 40.6 cm³/mol. The van der Waals surface area contributed by atoms with Crippen molar-refractivity contribution in [2.45, 2.75) is 0 Å². The molecule has 2 aromatic rings. The van der Waals surface area contributed by atoms with E-state index in [9.17, 15) is 4.79 Å². The number of nitrogens with zero attached hydrogens (tertiary/aromatic N) is 4. The van der Waals surface area contributed by atoms with Crippen LogP contribution in [-0.4, -0.2) is 25.1 Å². The summed E-state index contributed by atoms with van der Waals surface area (Å²) in [4.78, 5) is 18.9. The topological polar surface area (TPSA) is 52.7 Å². The van der Waals surface area contributed by atoms with Crippen molar-refractivity contribution in [3.63, 3.8) is 0 Å². The van der Waals surface area contributed by atoms with Gasteiger partial charge in [0.15, 0.2) is 0 Å². The third kappa shape index (κ3) is 2.18. The van der Waals surface area contributed by atoms with Crippen LogP contribution in [0.25, 0.3) is 0 Å². The van der Waals surface area contributed by atoms with Gasteiger partial charge in [0.1, 0.15) is 12.7 Å². The molecule has 0 N–H and O–H groups in total. The molecule has 0 aliphatic carbocycles. The van der Waals surface area contributed by atoms with Crippen LogP contribution >= 0.6 is 0 Å². The number of imidazole rings is 2. The third-order valence-corrected chi connectivity index (χ3v) is 1.45. The van der Waals surface area contributed by atoms with Crippen molar-refractivity contribution in [2.75, 3.05) is 0 Å². The van der Waals surface area contributed by atoms with Crippen molar-refractivity contribution < 1.29 is 42.5 Å². The van der Waals surface area contributed by atoms with Crippen LogP contribution in [-0.2, 0) is 0 Å². The molecule has 0 radical (unpaired) electrons.